The van der Waals surface area contributed by atoms with Crippen molar-refractivity contribution in [1.29, 1.82) is 0 Å². The van der Waals surface area contributed by atoms with Gasteiger partial charge in [-0.25, -0.2) is 0 Å². The normalized spacial score (nSPS) is 10.7. The van der Waals surface area contributed by atoms with Gasteiger partial charge in [0.15, 0.2) is 6.61 Å². The van der Waals surface area contributed by atoms with Gasteiger partial charge in [-0.1, -0.05) is 66.2 Å². The average Bonchev–Trinajstić information content (AvgIpc) is 3.16. The van der Waals surface area contributed by atoms with Gasteiger partial charge in [0.25, 0.3) is 11.8 Å². The zero-order valence-electron chi connectivity index (χ0n) is 14.1. The molecule has 0 radical (unpaired) electrons. The van der Waals surface area contributed by atoms with Crippen LogP contribution in [-0.2, 0) is 4.79 Å². The zero-order chi connectivity index (χ0) is 18.6. The van der Waals surface area contributed by atoms with E-state index in [9.17, 15) is 4.79 Å². The SMILES string of the molecule is O=C(COc1nsnc1-c1cccc2ccccc12)Nc1ccccc1Cl. The van der Waals surface area contributed by atoms with Crippen LogP contribution in [0.25, 0.3) is 22.0 Å². The summed E-state index contributed by atoms with van der Waals surface area (Å²) in [7, 11) is 0. The maximum Gasteiger partial charge on any atom is 0.262 e. The number of aromatic nitrogens is 2. The van der Waals surface area contributed by atoms with Crippen LogP contribution in [0.1, 0.15) is 0 Å². The largest absolute Gasteiger partial charge is 0.465 e. The number of hydrogen-bond donors (Lipinski definition) is 1. The third kappa shape index (κ3) is 3.77. The second-order valence-corrected chi connectivity index (χ2v) is 6.70. The van der Waals surface area contributed by atoms with Gasteiger partial charge in [0.05, 0.1) is 22.4 Å². The Kier molecular flexibility index (Phi) is 5.00. The van der Waals surface area contributed by atoms with Crippen molar-refractivity contribution in [1.82, 2.24) is 8.75 Å². The molecule has 5 nitrogen and oxygen atoms in total. The van der Waals surface area contributed by atoms with Crippen LogP contribution < -0.4 is 10.1 Å². The lowest BCUT2D eigenvalue weighted by Gasteiger charge is -2.09. The Hall–Kier alpha value is -2.96. The van der Waals surface area contributed by atoms with E-state index in [0.29, 0.717) is 22.3 Å². The fourth-order valence-corrected chi connectivity index (χ4v) is 3.45. The summed E-state index contributed by atoms with van der Waals surface area (Å²) in [5.41, 5.74) is 2.09. The number of amides is 1. The van der Waals surface area contributed by atoms with Crippen molar-refractivity contribution >= 4 is 45.7 Å². The van der Waals surface area contributed by atoms with E-state index in [1.54, 1.807) is 24.3 Å². The number of para-hydroxylation sites is 1. The Bertz CT molecular complexity index is 1110. The van der Waals surface area contributed by atoms with E-state index in [1.807, 2.05) is 42.5 Å². The molecule has 0 aliphatic rings. The highest BCUT2D eigenvalue weighted by Gasteiger charge is 2.16. The van der Waals surface area contributed by atoms with E-state index in [1.165, 1.54) is 0 Å². The van der Waals surface area contributed by atoms with Gasteiger partial charge in [0.2, 0.25) is 0 Å². The molecule has 0 aliphatic heterocycles. The number of fused-ring (bicyclic) bond motifs is 1. The molecule has 0 atom stereocenters. The van der Waals surface area contributed by atoms with Gasteiger partial charge in [0.1, 0.15) is 5.69 Å². The summed E-state index contributed by atoms with van der Waals surface area (Å²) in [6.45, 7) is -0.186. The van der Waals surface area contributed by atoms with Crippen LogP contribution in [0.5, 0.6) is 5.88 Å². The molecule has 0 bridgehead atoms. The number of carbonyl (C=O) groups is 1. The highest BCUT2D eigenvalue weighted by Crippen LogP contribution is 2.33. The second-order valence-electron chi connectivity index (χ2n) is 5.76. The van der Waals surface area contributed by atoms with Crippen LogP contribution in [0.2, 0.25) is 5.02 Å². The lowest BCUT2D eigenvalue weighted by atomic mass is 10.0. The predicted octanol–water partition coefficient (Wildman–Crippen LogP) is 5.03. The van der Waals surface area contributed by atoms with Crippen LogP contribution in [-0.4, -0.2) is 21.3 Å². The number of ether oxygens (including phenoxy) is 1. The number of hydrogen-bond acceptors (Lipinski definition) is 5. The molecule has 1 N–H and O–H groups in total. The molecule has 27 heavy (non-hydrogen) atoms. The molecule has 0 fully saturated rings. The average molecular weight is 396 g/mol. The minimum atomic E-state index is -0.319. The van der Waals surface area contributed by atoms with Crippen LogP contribution in [0.15, 0.2) is 66.7 Å². The molecule has 0 unspecified atom stereocenters. The number of carbonyl (C=O) groups excluding carboxylic acids is 1. The third-order valence-electron chi connectivity index (χ3n) is 3.99. The molecule has 134 valence electrons. The highest BCUT2D eigenvalue weighted by molar-refractivity contribution is 6.99. The number of nitrogens with one attached hydrogen (secondary N) is 1. The van der Waals surface area contributed by atoms with Gasteiger partial charge in [-0.05, 0) is 22.9 Å². The summed E-state index contributed by atoms with van der Waals surface area (Å²) in [6.07, 6.45) is 0. The summed E-state index contributed by atoms with van der Waals surface area (Å²) in [5.74, 6) is 0.0191. The minimum Gasteiger partial charge on any atom is -0.465 e. The fourth-order valence-electron chi connectivity index (χ4n) is 2.75. The molecular weight excluding hydrogens is 382 g/mol. The van der Waals surface area contributed by atoms with Gasteiger partial charge in [-0.15, -0.1) is 4.37 Å². The molecule has 3 aromatic carbocycles. The third-order valence-corrected chi connectivity index (χ3v) is 4.83. The summed E-state index contributed by atoms with van der Waals surface area (Å²) in [6, 6.07) is 21.0. The minimum absolute atomic E-state index is 0.186. The van der Waals surface area contributed by atoms with E-state index in [2.05, 4.69) is 14.1 Å². The highest BCUT2D eigenvalue weighted by atomic mass is 35.5. The monoisotopic (exact) mass is 395 g/mol. The molecule has 1 aromatic heterocycles. The summed E-state index contributed by atoms with van der Waals surface area (Å²) >= 11 is 7.10. The van der Waals surface area contributed by atoms with E-state index >= 15 is 0 Å². The first-order valence-corrected chi connectivity index (χ1v) is 9.31. The van der Waals surface area contributed by atoms with Gasteiger partial charge in [0, 0.05) is 5.56 Å². The van der Waals surface area contributed by atoms with Crippen LogP contribution >= 0.6 is 23.3 Å². The van der Waals surface area contributed by atoms with Gasteiger partial charge in [-0.3, -0.25) is 4.79 Å². The van der Waals surface area contributed by atoms with E-state index < -0.39 is 0 Å². The number of halogens is 1. The maximum absolute atomic E-state index is 12.2. The zero-order valence-corrected chi connectivity index (χ0v) is 15.6. The molecular formula is C20H14ClN3O2S. The fraction of sp³-hybridized carbons (Fsp3) is 0.0500. The van der Waals surface area contributed by atoms with E-state index in [-0.39, 0.29) is 12.5 Å². The molecule has 0 aliphatic carbocycles. The Balaban J connectivity index is 1.53. The first-order valence-electron chi connectivity index (χ1n) is 8.20. The standard InChI is InChI=1S/C20H14ClN3O2S/c21-16-10-3-4-11-17(16)22-18(25)12-26-20-19(23-27-24-20)15-9-5-7-13-6-1-2-8-14(13)15/h1-11H,12H2,(H,22,25). The Morgan fingerprint density at radius 2 is 1.78 bits per heavy atom. The molecule has 1 heterocycles. The molecule has 1 amide bonds. The van der Waals surface area contributed by atoms with E-state index in [4.69, 9.17) is 16.3 Å². The number of benzene rings is 3. The van der Waals surface area contributed by atoms with Crippen LogP contribution in [0, 0.1) is 0 Å². The molecule has 0 saturated heterocycles. The van der Waals surface area contributed by atoms with Crippen molar-refractivity contribution in [3.8, 4) is 17.1 Å². The quantitative estimate of drug-likeness (QED) is 0.514. The first-order chi connectivity index (χ1) is 13.2. The van der Waals surface area contributed by atoms with Crippen LogP contribution in [0.4, 0.5) is 5.69 Å². The summed E-state index contributed by atoms with van der Waals surface area (Å²) in [4.78, 5) is 12.2. The predicted molar refractivity (Wildman–Crippen MR) is 108 cm³/mol. The molecule has 7 heteroatoms. The summed E-state index contributed by atoms with van der Waals surface area (Å²) in [5, 5.41) is 5.35. The lowest BCUT2D eigenvalue weighted by molar-refractivity contribution is -0.118. The lowest BCUT2D eigenvalue weighted by Crippen LogP contribution is -2.20. The van der Waals surface area contributed by atoms with Crippen molar-refractivity contribution < 1.29 is 9.53 Å². The smallest absolute Gasteiger partial charge is 0.262 e. The van der Waals surface area contributed by atoms with Crippen molar-refractivity contribution in [2.75, 3.05) is 11.9 Å². The van der Waals surface area contributed by atoms with Gasteiger partial charge < -0.3 is 10.1 Å². The van der Waals surface area contributed by atoms with Crippen LogP contribution in [0.3, 0.4) is 0 Å². The Labute approximate surface area is 164 Å². The van der Waals surface area contributed by atoms with E-state index in [0.717, 1.165) is 28.1 Å². The number of rotatable bonds is 5. The second kappa shape index (κ2) is 7.73. The molecule has 4 rings (SSSR count). The molecule has 4 aromatic rings. The molecule has 0 spiro atoms. The number of nitrogens with zero attached hydrogens (tertiary/aromatic N) is 2. The molecule has 0 saturated carbocycles. The van der Waals surface area contributed by atoms with Gasteiger partial charge in [-0.2, -0.15) is 4.37 Å². The first kappa shape index (κ1) is 17.5. The summed E-state index contributed by atoms with van der Waals surface area (Å²) < 4.78 is 14.2. The Morgan fingerprint density at radius 3 is 2.67 bits per heavy atom. The number of anilines is 1. The van der Waals surface area contributed by atoms with Crippen molar-refractivity contribution in [2.24, 2.45) is 0 Å². The maximum atomic E-state index is 12.2. The van der Waals surface area contributed by atoms with Crippen molar-refractivity contribution in [3.63, 3.8) is 0 Å². The Morgan fingerprint density at radius 1 is 1.00 bits per heavy atom. The van der Waals surface area contributed by atoms with Gasteiger partial charge >= 0.3 is 0 Å². The van der Waals surface area contributed by atoms with Crippen molar-refractivity contribution in [3.05, 3.63) is 71.8 Å². The van der Waals surface area contributed by atoms with Crippen molar-refractivity contribution in [2.45, 2.75) is 0 Å². The topological polar surface area (TPSA) is 64.1 Å².